The van der Waals surface area contributed by atoms with E-state index in [0.29, 0.717) is 11.1 Å². The molecule has 6 N–H and O–H groups in total. The van der Waals surface area contributed by atoms with Crippen molar-refractivity contribution in [2.45, 2.75) is 57.3 Å². The number of rotatable bonds is 14. The van der Waals surface area contributed by atoms with Gasteiger partial charge in [0.2, 0.25) is 23.5 Å². The molecular weight excluding hydrogens is 581 g/mol. The van der Waals surface area contributed by atoms with Crippen molar-refractivity contribution >= 4 is 35.3 Å². The molecule has 5 amide bonds. The van der Waals surface area contributed by atoms with E-state index < -0.39 is 64.8 Å². The maximum absolute atomic E-state index is 13.7. The van der Waals surface area contributed by atoms with E-state index in [4.69, 9.17) is 5.73 Å². The van der Waals surface area contributed by atoms with E-state index in [1.54, 1.807) is 60.7 Å². The zero-order valence-corrected chi connectivity index (χ0v) is 25.1. The van der Waals surface area contributed by atoms with Crippen LogP contribution in [0.15, 0.2) is 84.9 Å². The predicted octanol–water partition coefficient (Wildman–Crippen LogP) is 1.35. The lowest BCUT2D eigenvalue weighted by molar-refractivity contribution is -0.141. The molecule has 11 nitrogen and oxygen atoms in total. The summed E-state index contributed by atoms with van der Waals surface area (Å²) in [5.41, 5.74) is 5.29. The molecule has 0 aliphatic carbocycles. The summed E-state index contributed by atoms with van der Waals surface area (Å²) < 4.78 is 13.7. The van der Waals surface area contributed by atoms with Gasteiger partial charge in [-0.1, -0.05) is 66.7 Å². The molecule has 0 saturated carbocycles. The van der Waals surface area contributed by atoms with Gasteiger partial charge in [0.1, 0.15) is 23.4 Å². The van der Waals surface area contributed by atoms with E-state index in [2.05, 4.69) is 21.3 Å². The molecule has 3 aromatic rings. The molecule has 3 aromatic carbocycles. The second-order valence-corrected chi connectivity index (χ2v) is 11.0. The quantitative estimate of drug-likeness (QED) is 0.171. The topological polar surface area (TPSA) is 177 Å². The smallest absolute Gasteiger partial charge is 0.290 e. The highest BCUT2D eigenvalue weighted by atomic mass is 19.1. The third kappa shape index (κ3) is 10.1. The van der Waals surface area contributed by atoms with Crippen LogP contribution >= 0.6 is 0 Å². The fraction of sp³-hybridized carbons (Fsp3) is 0.273. The van der Waals surface area contributed by atoms with Crippen molar-refractivity contribution in [2.24, 2.45) is 5.73 Å². The Labute approximate surface area is 260 Å². The highest BCUT2D eigenvalue weighted by Gasteiger charge is 2.34. The van der Waals surface area contributed by atoms with E-state index in [9.17, 15) is 33.2 Å². The zero-order chi connectivity index (χ0) is 33.1. The summed E-state index contributed by atoms with van der Waals surface area (Å²) in [6, 6.07) is 18.6. The van der Waals surface area contributed by atoms with Gasteiger partial charge < -0.3 is 27.0 Å². The number of benzene rings is 3. The van der Waals surface area contributed by atoms with E-state index in [1.807, 2.05) is 0 Å². The van der Waals surface area contributed by atoms with Crippen molar-refractivity contribution in [3.05, 3.63) is 107 Å². The van der Waals surface area contributed by atoms with Crippen LogP contribution < -0.4 is 27.0 Å². The van der Waals surface area contributed by atoms with E-state index in [-0.39, 0.29) is 18.4 Å². The average molecular weight is 618 g/mol. The van der Waals surface area contributed by atoms with Gasteiger partial charge in [0.05, 0.1) is 6.04 Å². The summed E-state index contributed by atoms with van der Waals surface area (Å²) in [4.78, 5) is 77.2. The Bertz CT molecular complexity index is 1550. The van der Waals surface area contributed by atoms with Gasteiger partial charge in [-0.25, -0.2) is 4.39 Å². The second kappa shape index (κ2) is 15.4. The SMILES string of the molecule is CC(NC(=O)[C@H](Cc1ccccc1)NC(=O)c1cccc(F)c1)C(=O)C(=O)N[C@@H](Cc1ccccc1)C(=O)NC(C)(C)C(N)=O. The van der Waals surface area contributed by atoms with Crippen molar-refractivity contribution in [3.8, 4) is 0 Å². The van der Waals surface area contributed by atoms with Gasteiger partial charge in [-0.05, 0) is 50.1 Å². The molecule has 236 valence electrons. The lowest BCUT2D eigenvalue weighted by Crippen LogP contribution is -2.60. The first kappa shape index (κ1) is 34.1. The van der Waals surface area contributed by atoms with Gasteiger partial charge >= 0.3 is 0 Å². The molecule has 0 radical (unpaired) electrons. The van der Waals surface area contributed by atoms with Crippen LogP contribution in [0.2, 0.25) is 0 Å². The van der Waals surface area contributed by atoms with Crippen LogP contribution in [0.5, 0.6) is 0 Å². The monoisotopic (exact) mass is 617 g/mol. The van der Waals surface area contributed by atoms with Crippen molar-refractivity contribution < 1.29 is 33.2 Å². The number of nitrogens with one attached hydrogen (secondary N) is 4. The number of ketones is 1. The highest BCUT2D eigenvalue weighted by molar-refractivity contribution is 6.38. The van der Waals surface area contributed by atoms with Crippen LogP contribution in [0.25, 0.3) is 0 Å². The number of hydrogen-bond acceptors (Lipinski definition) is 6. The van der Waals surface area contributed by atoms with Crippen molar-refractivity contribution in [1.29, 1.82) is 0 Å². The summed E-state index contributed by atoms with van der Waals surface area (Å²) in [5.74, 6) is -5.87. The lowest BCUT2D eigenvalue weighted by Gasteiger charge is -2.26. The largest absolute Gasteiger partial charge is 0.368 e. The molecule has 0 aliphatic heterocycles. The van der Waals surface area contributed by atoms with E-state index >= 15 is 0 Å². The summed E-state index contributed by atoms with van der Waals surface area (Å²) in [7, 11) is 0. The Morgan fingerprint density at radius 2 is 1.27 bits per heavy atom. The Kier molecular flexibility index (Phi) is 11.6. The first-order valence-electron chi connectivity index (χ1n) is 14.2. The minimum absolute atomic E-state index is 0.00740. The summed E-state index contributed by atoms with van der Waals surface area (Å²) >= 11 is 0. The first-order chi connectivity index (χ1) is 21.3. The van der Waals surface area contributed by atoms with Crippen LogP contribution in [0, 0.1) is 5.82 Å². The van der Waals surface area contributed by atoms with Crippen molar-refractivity contribution in [2.75, 3.05) is 0 Å². The molecular formula is C33H36FN5O6. The molecule has 3 atom stereocenters. The normalized spacial score (nSPS) is 13.0. The molecule has 0 bridgehead atoms. The van der Waals surface area contributed by atoms with Gasteiger partial charge in [0.15, 0.2) is 0 Å². The molecule has 0 aromatic heterocycles. The van der Waals surface area contributed by atoms with Crippen LogP contribution in [-0.2, 0) is 36.8 Å². The third-order valence-corrected chi connectivity index (χ3v) is 6.92. The Hall–Kier alpha value is -5.39. The third-order valence-electron chi connectivity index (χ3n) is 6.92. The van der Waals surface area contributed by atoms with E-state index in [1.165, 1.54) is 39.0 Å². The second-order valence-electron chi connectivity index (χ2n) is 11.0. The number of hydrogen-bond donors (Lipinski definition) is 5. The number of Topliss-reactive ketones (excluding diaryl/α,β-unsaturated/α-hetero) is 1. The van der Waals surface area contributed by atoms with E-state index in [0.717, 1.165) is 6.07 Å². The minimum atomic E-state index is -1.44. The number of amides is 5. The van der Waals surface area contributed by atoms with Crippen LogP contribution in [0.4, 0.5) is 4.39 Å². The molecule has 12 heteroatoms. The molecule has 0 aliphatic rings. The summed E-state index contributed by atoms with van der Waals surface area (Å²) in [5, 5.41) is 9.90. The number of primary amides is 1. The Morgan fingerprint density at radius 1 is 0.733 bits per heavy atom. The molecule has 0 heterocycles. The lowest BCUT2D eigenvalue weighted by atomic mass is 10.0. The summed E-state index contributed by atoms with van der Waals surface area (Å²) in [6.07, 6.45) is 0.0301. The van der Waals surface area contributed by atoms with Crippen LogP contribution in [0.1, 0.15) is 42.3 Å². The molecule has 0 spiro atoms. The van der Waals surface area contributed by atoms with Crippen LogP contribution in [0.3, 0.4) is 0 Å². The average Bonchev–Trinajstić information content (AvgIpc) is 3.00. The van der Waals surface area contributed by atoms with Crippen LogP contribution in [-0.4, -0.2) is 59.0 Å². The van der Waals surface area contributed by atoms with Crippen molar-refractivity contribution in [1.82, 2.24) is 21.3 Å². The fourth-order valence-electron chi connectivity index (χ4n) is 4.25. The van der Waals surface area contributed by atoms with Gasteiger partial charge in [-0.15, -0.1) is 0 Å². The molecule has 45 heavy (non-hydrogen) atoms. The number of carbonyl (C=O) groups is 6. The molecule has 0 saturated heterocycles. The number of carbonyl (C=O) groups excluding carboxylic acids is 6. The fourth-order valence-corrected chi connectivity index (χ4v) is 4.25. The number of nitrogens with two attached hydrogens (primary N) is 1. The minimum Gasteiger partial charge on any atom is -0.368 e. The number of halogens is 1. The van der Waals surface area contributed by atoms with Gasteiger partial charge in [0.25, 0.3) is 11.8 Å². The Balaban J connectivity index is 1.74. The Morgan fingerprint density at radius 3 is 1.78 bits per heavy atom. The maximum Gasteiger partial charge on any atom is 0.290 e. The van der Waals surface area contributed by atoms with Gasteiger partial charge in [-0.3, -0.25) is 28.8 Å². The predicted molar refractivity (Wildman–Crippen MR) is 164 cm³/mol. The molecule has 1 unspecified atom stereocenters. The molecule has 3 rings (SSSR count). The zero-order valence-electron chi connectivity index (χ0n) is 25.1. The van der Waals surface area contributed by atoms with Crippen molar-refractivity contribution in [3.63, 3.8) is 0 Å². The maximum atomic E-state index is 13.7. The van der Waals surface area contributed by atoms with Gasteiger partial charge in [-0.2, -0.15) is 0 Å². The highest BCUT2D eigenvalue weighted by Crippen LogP contribution is 2.09. The first-order valence-corrected chi connectivity index (χ1v) is 14.2. The summed E-state index contributed by atoms with van der Waals surface area (Å²) in [6.45, 7) is 4.09. The standard InChI is InChI=1S/C33H36FN5O6/c1-20(27(40)31(44)38-26(18-22-13-8-5-9-14-22)30(43)39-33(2,3)32(35)45)36-29(42)25(17-21-11-6-4-7-12-21)37-28(41)23-15-10-16-24(34)19-23/h4-16,19-20,25-26H,17-18H2,1-3H3,(H2,35,45)(H,36,42)(H,37,41)(H,38,44)(H,39,43)/t20?,25-,26-/m0/s1. The van der Waals surface area contributed by atoms with Gasteiger partial charge in [0, 0.05) is 18.4 Å². The molecule has 0 fully saturated rings.